The van der Waals surface area contributed by atoms with Gasteiger partial charge in [0.2, 0.25) is 0 Å². The quantitative estimate of drug-likeness (QED) is 0.789. The first-order chi connectivity index (χ1) is 11.3. The van der Waals surface area contributed by atoms with Crippen molar-refractivity contribution in [1.82, 2.24) is 10.2 Å². The maximum atomic E-state index is 12.3. The van der Waals surface area contributed by atoms with Crippen molar-refractivity contribution in [2.24, 2.45) is 0 Å². The fraction of sp³-hybridized carbons (Fsp3) is 0.444. The summed E-state index contributed by atoms with van der Waals surface area (Å²) in [5.41, 5.74) is 2.37. The Morgan fingerprint density at radius 2 is 2.12 bits per heavy atom. The van der Waals surface area contributed by atoms with E-state index in [1.165, 1.54) is 0 Å². The lowest BCUT2D eigenvalue weighted by molar-refractivity contribution is -0.114. The van der Waals surface area contributed by atoms with Crippen molar-refractivity contribution in [3.63, 3.8) is 0 Å². The molecule has 4 nitrogen and oxygen atoms in total. The summed E-state index contributed by atoms with van der Waals surface area (Å²) in [7, 11) is 0. The van der Waals surface area contributed by atoms with Crippen molar-refractivity contribution >= 4 is 34.7 Å². The normalized spacial score (nSPS) is 18.0. The summed E-state index contributed by atoms with van der Waals surface area (Å²) < 4.78 is 5.92. The van der Waals surface area contributed by atoms with Gasteiger partial charge in [-0.15, -0.1) is 0 Å². The molecule has 0 saturated heterocycles. The van der Waals surface area contributed by atoms with Crippen molar-refractivity contribution < 1.29 is 9.53 Å². The number of nitrogens with one attached hydrogen (secondary N) is 1. The van der Waals surface area contributed by atoms with Crippen LogP contribution < -0.4 is 10.1 Å². The minimum Gasteiger partial charge on any atom is -0.491 e. The van der Waals surface area contributed by atoms with Gasteiger partial charge in [-0.25, -0.2) is 0 Å². The van der Waals surface area contributed by atoms with E-state index >= 15 is 0 Å². The second-order valence-electron chi connectivity index (χ2n) is 6.03. The number of carbonyl (C=O) groups is 1. The molecule has 24 heavy (non-hydrogen) atoms. The number of ether oxygens (including phenoxy) is 1. The van der Waals surface area contributed by atoms with Gasteiger partial charge in [-0.1, -0.05) is 11.6 Å². The number of Topliss-reactive ketones (excluding diaryl/α,β-unsaturated/α-hetero) is 1. The molecule has 1 aromatic rings. The summed E-state index contributed by atoms with van der Waals surface area (Å²) in [6.45, 7) is 10.1. The minimum atomic E-state index is -0.370. The van der Waals surface area contributed by atoms with Crippen molar-refractivity contribution in [3.05, 3.63) is 40.1 Å². The van der Waals surface area contributed by atoms with Crippen LogP contribution >= 0.6 is 23.8 Å². The van der Waals surface area contributed by atoms with Crippen LogP contribution in [0.4, 0.5) is 0 Å². The van der Waals surface area contributed by atoms with Gasteiger partial charge in [0.25, 0.3) is 0 Å². The van der Waals surface area contributed by atoms with E-state index in [1.54, 1.807) is 13.0 Å². The van der Waals surface area contributed by atoms with Crippen molar-refractivity contribution in [2.75, 3.05) is 6.54 Å². The van der Waals surface area contributed by atoms with Gasteiger partial charge in [-0.3, -0.25) is 4.79 Å². The van der Waals surface area contributed by atoms with E-state index in [-0.39, 0.29) is 17.9 Å². The van der Waals surface area contributed by atoms with Crippen LogP contribution in [-0.4, -0.2) is 28.4 Å². The van der Waals surface area contributed by atoms with Gasteiger partial charge in [-0.2, -0.15) is 0 Å². The zero-order chi connectivity index (χ0) is 18.0. The molecule has 1 aliphatic rings. The molecule has 1 aliphatic heterocycles. The van der Waals surface area contributed by atoms with Gasteiger partial charge in [-0.05, 0) is 65.0 Å². The topological polar surface area (TPSA) is 41.6 Å². The number of halogens is 1. The lowest BCUT2D eigenvalue weighted by atomic mass is 9.92. The second kappa shape index (κ2) is 7.53. The highest BCUT2D eigenvalue weighted by Gasteiger charge is 2.33. The Morgan fingerprint density at radius 3 is 2.67 bits per heavy atom. The molecule has 0 amide bonds. The smallest absolute Gasteiger partial charge is 0.173 e. The third-order valence-electron chi connectivity index (χ3n) is 3.94. The number of carbonyl (C=O) groups excluding carboxylic acids is 1. The molecular weight excluding hydrogens is 344 g/mol. The summed E-state index contributed by atoms with van der Waals surface area (Å²) in [6.07, 6.45) is 0.0125. The number of benzene rings is 1. The number of rotatable bonds is 5. The SMILES string of the molecule is CCN1C(=S)NC(c2cc(Cl)ccc2OC(C)C)C(C(C)=O)=C1C. The molecule has 2 rings (SSSR count). The maximum Gasteiger partial charge on any atom is 0.173 e. The summed E-state index contributed by atoms with van der Waals surface area (Å²) in [5.74, 6) is 0.702. The van der Waals surface area contributed by atoms with Crippen LogP contribution in [0.25, 0.3) is 0 Å². The zero-order valence-electron chi connectivity index (χ0n) is 14.6. The van der Waals surface area contributed by atoms with Crippen molar-refractivity contribution in [1.29, 1.82) is 0 Å². The van der Waals surface area contributed by atoms with E-state index in [4.69, 9.17) is 28.6 Å². The monoisotopic (exact) mass is 366 g/mol. The Balaban J connectivity index is 2.62. The Bertz CT molecular complexity index is 700. The van der Waals surface area contributed by atoms with Crippen LogP contribution in [0.1, 0.15) is 46.2 Å². The fourth-order valence-electron chi connectivity index (χ4n) is 2.96. The van der Waals surface area contributed by atoms with Crippen LogP contribution in [-0.2, 0) is 4.79 Å². The average Bonchev–Trinajstić information content (AvgIpc) is 2.48. The molecule has 1 atom stereocenters. The predicted molar refractivity (Wildman–Crippen MR) is 101 cm³/mol. The van der Waals surface area contributed by atoms with E-state index in [1.807, 2.05) is 44.7 Å². The molecule has 0 spiro atoms. The van der Waals surface area contributed by atoms with Crippen LogP contribution in [0, 0.1) is 0 Å². The number of hydrogen-bond acceptors (Lipinski definition) is 3. The molecule has 0 aliphatic carbocycles. The molecule has 0 saturated carbocycles. The van der Waals surface area contributed by atoms with E-state index in [0.29, 0.717) is 28.0 Å². The molecule has 6 heteroatoms. The number of ketones is 1. The first kappa shape index (κ1) is 18.7. The standard InChI is InChI=1S/C18H23ClN2O2S/c1-6-21-11(4)16(12(5)22)17(20-18(21)24)14-9-13(19)7-8-15(14)23-10(2)3/h7-10,17H,6H2,1-5H3,(H,20,24). The molecule has 130 valence electrons. The second-order valence-corrected chi connectivity index (χ2v) is 6.85. The minimum absolute atomic E-state index is 0.00132. The van der Waals surface area contributed by atoms with Gasteiger partial charge >= 0.3 is 0 Å². The van der Waals surface area contributed by atoms with Gasteiger partial charge in [0.1, 0.15) is 5.75 Å². The molecule has 0 fully saturated rings. The highest BCUT2D eigenvalue weighted by molar-refractivity contribution is 7.80. The molecule has 1 aromatic carbocycles. The Hall–Kier alpha value is -1.59. The molecule has 0 aromatic heterocycles. The average molecular weight is 367 g/mol. The van der Waals surface area contributed by atoms with E-state index < -0.39 is 0 Å². The van der Waals surface area contributed by atoms with Crippen LogP contribution in [0.2, 0.25) is 5.02 Å². The number of allylic oxidation sites excluding steroid dienone is 1. The predicted octanol–water partition coefficient (Wildman–Crippen LogP) is 4.24. The van der Waals surface area contributed by atoms with Crippen molar-refractivity contribution in [3.8, 4) is 5.75 Å². The fourth-order valence-corrected chi connectivity index (χ4v) is 3.52. The van der Waals surface area contributed by atoms with Gasteiger partial charge in [0.05, 0.1) is 12.1 Å². The van der Waals surface area contributed by atoms with E-state index in [0.717, 1.165) is 11.3 Å². The summed E-state index contributed by atoms with van der Waals surface area (Å²) in [4.78, 5) is 14.3. The molecule has 1 N–H and O–H groups in total. The highest BCUT2D eigenvalue weighted by Crippen LogP contribution is 2.37. The van der Waals surface area contributed by atoms with Crippen LogP contribution in [0.15, 0.2) is 29.5 Å². The van der Waals surface area contributed by atoms with Crippen molar-refractivity contribution in [2.45, 2.75) is 46.8 Å². The van der Waals surface area contributed by atoms with Gasteiger partial charge in [0.15, 0.2) is 10.9 Å². The summed E-state index contributed by atoms with van der Waals surface area (Å²) in [5, 5.41) is 4.46. The molecule has 1 unspecified atom stereocenters. The first-order valence-corrected chi connectivity index (χ1v) is 8.80. The lowest BCUT2D eigenvalue weighted by Gasteiger charge is -2.37. The Morgan fingerprint density at radius 1 is 1.46 bits per heavy atom. The Kier molecular flexibility index (Phi) is 5.88. The van der Waals surface area contributed by atoms with Crippen LogP contribution in [0.5, 0.6) is 5.75 Å². The maximum absolute atomic E-state index is 12.3. The molecule has 0 bridgehead atoms. The molecule has 1 heterocycles. The van der Waals surface area contributed by atoms with Gasteiger partial charge in [0, 0.05) is 28.4 Å². The molecule has 0 radical (unpaired) electrons. The summed E-state index contributed by atoms with van der Waals surface area (Å²) in [6, 6.07) is 5.08. The zero-order valence-corrected chi connectivity index (χ0v) is 16.2. The number of hydrogen-bond donors (Lipinski definition) is 1. The molecular formula is C18H23ClN2O2S. The number of thiocarbonyl (C=S) groups is 1. The van der Waals surface area contributed by atoms with Crippen LogP contribution in [0.3, 0.4) is 0 Å². The first-order valence-electron chi connectivity index (χ1n) is 8.02. The lowest BCUT2D eigenvalue weighted by Crippen LogP contribution is -2.47. The third-order valence-corrected chi connectivity index (χ3v) is 4.51. The van der Waals surface area contributed by atoms with E-state index in [9.17, 15) is 4.79 Å². The Labute approximate surface area is 153 Å². The van der Waals surface area contributed by atoms with Gasteiger partial charge < -0.3 is 15.0 Å². The summed E-state index contributed by atoms with van der Waals surface area (Å²) >= 11 is 11.7. The number of nitrogens with zero attached hydrogens (tertiary/aromatic N) is 1. The largest absolute Gasteiger partial charge is 0.491 e. The van der Waals surface area contributed by atoms with E-state index in [2.05, 4.69) is 5.32 Å². The third kappa shape index (κ3) is 3.73. The highest BCUT2D eigenvalue weighted by atomic mass is 35.5.